The molecule has 0 fully saturated rings. The molecule has 0 unspecified atom stereocenters. The lowest BCUT2D eigenvalue weighted by Gasteiger charge is -2.13. The molecule has 0 aliphatic heterocycles. The van der Waals surface area contributed by atoms with E-state index in [1.165, 1.54) is 32.3 Å². The van der Waals surface area contributed by atoms with Crippen molar-refractivity contribution in [1.29, 1.82) is 0 Å². The first-order chi connectivity index (χ1) is 20.8. The van der Waals surface area contributed by atoms with Crippen molar-refractivity contribution in [3.63, 3.8) is 0 Å². The molecular formula is C38H24N4. The van der Waals surface area contributed by atoms with E-state index in [-0.39, 0.29) is 0 Å². The highest BCUT2D eigenvalue weighted by molar-refractivity contribution is 6.21. The Morgan fingerprint density at radius 3 is 2.00 bits per heavy atom. The summed E-state index contributed by atoms with van der Waals surface area (Å²) < 4.78 is 4.39. The Morgan fingerprint density at radius 2 is 1.14 bits per heavy atom. The molecule has 3 heterocycles. The predicted octanol–water partition coefficient (Wildman–Crippen LogP) is 9.49. The van der Waals surface area contributed by atoms with Crippen molar-refractivity contribution in [3.05, 3.63) is 146 Å². The molecule has 0 saturated heterocycles. The third kappa shape index (κ3) is 3.29. The smallest absolute Gasteiger partial charge is 0.237 e. The van der Waals surface area contributed by atoms with Gasteiger partial charge in [-0.2, -0.15) is 4.98 Å². The van der Waals surface area contributed by atoms with Crippen LogP contribution in [0.5, 0.6) is 0 Å². The van der Waals surface area contributed by atoms with Crippen molar-refractivity contribution in [1.82, 2.24) is 19.1 Å². The molecule has 0 radical (unpaired) electrons. The number of hydrogen-bond acceptors (Lipinski definition) is 2. The summed E-state index contributed by atoms with van der Waals surface area (Å²) in [5.41, 5.74) is 6.14. The summed E-state index contributed by atoms with van der Waals surface area (Å²) in [4.78, 5) is 10.7. The van der Waals surface area contributed by atoms with Gasteiger partial charge in [-0.1, -0.05) is 109 Å². The van der Waals surface area contributed by atoms with E-state index < -0.39 is 0 Å². The molecule has 0 atom stereocenters. The zero-order chi connectivity index (χ0) is 27.6. The van der Waals surface area contributed by atoms with Crippen LogP contribution in [0.15, 0.2) is 146 Å². The topological polar surface area (TPSA) is 35.6 Å². The number of nitrogens with zero attached hydrogens (tertiary/aromatic N) is 4. The first-order valence-electron chi connectivity index (χ1n) is 14.2. The van der Waals surface area contributed by atoms with Crippen molar-refractivity contribution in [2.45, 2.75) is 0 Å². The molecule has 9 rings (SSSR count). The first-order valence-corrected chi connectivity index (χ1v) is 14.2. The molecular weight excluding hydrogens is 512 g/mol. The van der Waals surface area contributed by atoms with Crippen molar-refractivity contribution >= 4 is 54.4 Å². The molecule has 0 saturated carbocycles. The molecule has 0 bridgehead atoms. The van der Waals surface area contributed by atoms with E-state index >= 15 is 0 Å². The zero-order valence-electron chi connectivity index (χ0n) is 22.6. The maximum Gasteiger partial charge on any atom is 0.237 e. The van der Waals surface area contributed by atoms with Gasteiger partial charge in [-0.15, -0.1) is 0 Å². The Hall–Kier alpha value is -5.74. The number of aromatic nitrogens is 4. The fourth-order valence-corrected chi connectivity index (χ4v) is 6.49. The molecule has 3 aromatic heterocycles. The number of hydrogen-bond donors (Lipinski definition) is 0. The highest BCUT2D eigenvalue weighted by Gasteiger charge is 2.21. The Balaban J connectivity index is 1.44. The molecule has 4 heteroatoms. The summed E-state index contributed by atoms with van der Waals surface area (Å²) in [6, 6.07) is 49.1. The van der Waals surface area contributed by atoms with Crippen LogP contribution in [0.3, 0.4) is 0 Å². The van der Waals surface area contributed by atoms with Gasteiger partial charge < -0.3 is 4.57 Å². The Morgan fingerprint density at radius 1 is 0.452 bits per heavy atom. The van der Waals surface area contributed by atoms with E-state index in [2.05, 4.69) is 149 Å². The second-order valence-electron chi connectivity index (χ2n) is 10.7. The molecule has 9 aromatic rings. The van der Waals surface area contributed by atoms with Crippen LogP contribution in [0.2, 0.25) is 0 Å². The fraction of sp³-hybridized carbons (Fsp3) is 0. The van der Waals surface area contributed by atoms with E-state index in [0.29, 0.717) is 5.95 Å². The number of fused-ring (bicyclic) bond motifs is 7. The summed E-state index contributed by atoms with van der Waals surface area (Å²) in [6.07, 6.45) is 2.10. The average molecular weight is 537 g/mol. The molecule has 0 N–H and O–H groups in total. The van der Waals surface area contributed by atoms with Crippen LogP contribution in [0.25, 0.3) is 77.3 Å². The number of rotatable bonds is 3. The van der Waals surface area contributed by atoms with Gasteiger partial charge in [-0.3, -0.25) is 4.57 Å². The summed E-state index contributed by atoms with van der Waals surface area (Å²) in [5, 5.41) is 8.24. The normalized spacial score (nSPS) is 11.8. The van der Waals surface area contributed by atoms with E-state index in [1.807, 2.05) is 6.07 Å². The zero-order valence-corrected chi connectivity index (χ0v) is 22.6. The molecule has 196 valence electrons. The summed E-state index contributed by atoms with van der Waals surface area (Å²) in [6.45, 7) is 0. The summed E-state index contributed by atoms with van der Waals surface area (Å²) in [5.74, 6) is 0.655. The quantitative estimate of drug-likeness (QED) is 0.225. The van der Waals surface area contributed by atoms with Crippen LogP contribution in [-0.2, 0) is 0 Å². The van der Waals surface area contributed by atoms with Gasteiger partial charge in [0.15, 0.2) is 5.65 Å². The van der Waals surface area contributed by atoms with Gasteiger partial charge in [0.05, 0.1) is 16.7 Å². The van der Waals surface area contributed by atoms with Crippen LogP contribution in [0, 0.1) is 0 Å². The van der Waals surface area contributed by atoms with Crippen molar-refractivity contribution in [2.75, 3.05) is 0 Å². The van der Waals surface area contributed by atoms with Gasteiger partial charge >= 0.3 is 0 Å². The molecule has 42 heavy (non-hydrogen) atoms. The maximum absolute atomic E-state index is 5.39. The Bertz CT molecular complexity index is 2460. The minimum absolute atomic E-state index is 0.655. The number of para-hydroxylation sites is 2. The third-order valence-electron chi connectivity index (χ3n) is 8.37. The van der Waals surface area contributed by atoms with Crippen molar-refractivity contribution < 1.29 is 0 Å². The van der Waals surface area contributed by atoms with E-state index in [0.717, 1.165) is 39.0 Å². The lowest BCUT2D eigenvalue weighted by molar-refractivity contribution is 0.989. The molecule has 6 aromatic carbocycles. The van der Waals surface area contributed by atoms with Gasteiger partial charge in [0.25, 0.3) is 0 Å². The summed E-state index contributed by atoms with van der Waals surface area (Å²) >= 11 is 0. The second kappa shape index (κ2) is 8.88. The molecule has 0 aliphatic carbocycles. The maximum atomic E-state index is 5.39. The lowest BCUT2D eigenvalue weighted by atomic mass is 10.0. The molecule has 4 nitrogen and oxygen atoms in total. The van der Waals surface area contributed by atoms with Crippen molar-refractivity contribution in [2.24, 2.45) is 0 Å². The van der Waals surface area contributed by atoms with E-state index in [4.69, 9.17) is 9.97 Å². The second-order valence-corrected chi connectivity index (χ2v) is 10.7. The van der Waals surface area contributed by atoms with Crippen LogP contribution in [0.1, 0.15) is 0 Å². The van der Waals surface area contributed by atoms with Crippen molar-refractivity contribution in [3.8, 4) is 22.9 Å². The summed E-state index contributed by atoms with van der Waals surface area (Å²) in [7, 11) is 0. The SMILES string of the molecule is c1ccc(-n2ccc3c(-c4cccc5ccccc45)nc(-n4c5ccccc5c5c6ccccc6ccc54)nc32)cc1. The van der Waals surface area contributed by atoms with Crippen LogP contribution >= 0.6 is 0 Å². The largest absolute Gasteiger partial charge is 0.301 e. The van der Waals surface area contributed by atoms with Gasteiger partial charge in [0.2, 0.25) is 5.95 Å². The fourth-order valence-electron chi connectivity index (χ4n) is 6.49. The Kier molecular flexibility index (Phi) is 4.87. The lowest BCUT2D eigenvalue weighted by Crippen LogP contribution is -2.05. The van der Waals surface area contributed by atoms with Gasteiger partial charge in [0.1, 0.15) is 0 Å². The number of benzene rings is 6. The predicted molar refractivity (Wildman–Crippen MR) is 174 cm³/mol. The monoisotopic (exact) mass is 536 g/mol. The van der Waals surface area contributed by atoms with E-state index in [1.54, 1.807) is 0 Å². The standard InChI is InChI=1S/C38H24N4/c1-2-14-27(15-3-1)41-24-23-32-36(30-19-10-13-25-11-4-6-16-28(25)30)39-38(40-37(32)41)42-33-20-9-8-18-31(33)35-29-17-7-5-12-26(29)21-22-34(35)42/h1-24H. The molecule has 0 spiro atoms. The van der Waals surface area contributed by atoms with Crippen LogP contribution in [-0.4, -0.2) is 19.1 Å². The third-order valence-corrected chi connectivity index (χ3v) is 8.37. The van der Waals surface area contributed by atoms with Gasteiger partial charge in [-0.05, 0) is 51.9 Å². The van der Waals surface area contributed by atoms with Gasteiger partial charge in [0, 0.05) is 33.6 Å². The highest BCUT2D eigenvalue weighted by atomic mass is 15.2. The molecule has 0 amide bonds. The average Bonchev–Trinajstić information content (AvgIpc) is 3.64. The minimum Gasteiger partial charge on any atom is -0.301 e. The Labute approximate surface area is 241 Å². The van der Waals surface area contributed by atoms with Crippen LogP contribution < -0.4 is 0 Å². The molecule has 0 aliphatic rings. The first kappa shape index (κ1) is 23.0. The van der Waals surface area contributed by atoms with Crippen LogP contribution in [0.4, 0.5) is 0 Å². The van der Waals surface area contributed by atoms with Gasteiger partial charge in [-0.25, -0.2) is 4.98 Å². The highest BCUT2D eigenvalue weighted by Crippen LogP contribution is 2.38. The van der Waals surface area contributed by atoms with E-state index in [9.17, 15) is 0 Å². The minimum atomic E-state index is 0.655.